The molecule has 0 aromatic heterocycles. The maximum absolute atomic E-state index is 12.7. The molecule has 0 aliphatic rings. The lowest BCUT2D eigenvalue weighted by molar-refractivity contribution is 0.0951. The summed E-state index contributed by atoms with van der Waals surface area (Å²) in [7, 11) is -2.31. The van der Waals surface area contributed by atoms with E-state index < -0.39 is 10.0 Å². The van der Waals surface area contributed by atoms with E-state index in [1.54, 1.807) is 37.3 Å². The van der Waals surface area contributed by atoms with Crippen LogP contribution >= 0.6 is 11.6 Å². The fourth-order valence-corrected chi connectivity index (χ4v) is 4.08. The summed E-state index contributed by atoms with van der Waals surface area (Å²) in [6.07, 6.45) is 0. The number of hydrogen-bond donors (Lipinski definition) is 2. The molecule has 0 aliphatic carbocycles. The summed E-state index contributed by atoms with van der Waals surface area (Å²) in [5.74, 6) is 0.224. The number of ether oxygens (including phenoxy) is 1. The lowest BCUT2D eigenvalue weighted by Crippen LogP contribution is -2.23. The van der Waals surface area contributed by atoms with E-state index in [9.17, 15) is 13.2 Å². The molecule has 2 N–H and O–H groups in total. The van der Waals surface area contributed by atoms with Crippen LogP contribution in [0.2, 0.25) is 5.02 Å². The van der Waals surface area contributed by atoms with Crippen molar-refractivity contribution in [2.45, 2.75) is 18.4 Å². The lowest BCUT2D eigenvalue weighted by atomic mass is 10.1. The molecule has 0 atom stereocenters. The maximum atomic E-state index is 12.7. The number of carbonyl (C=O) groups is 1. The first-order valence-electron chi connectivity index (χ1n) is 9.09. The van der Waals surface area contributed by atoms with E-state index in [-0.39, 0.29) is 17.3 Å². The maximum Gasteiger partial charge on any atom is 0.261 e. The van der Waals surface area contributed by atoms with Crippen molar-refractivity contribution in [1.82, 2.24) is 5.32 Å². The van der Waals surface area contributed by atoms with Gasteiger partial charge < -0.3 is 10.1 Å². The van der Waals surface area contributed by atoms with E-state index in [1.165, 1.54) is 25.3 Å². The fraction of sp³-hybridized carbons (Fsp3) is 0.136. The Hall–Kier alpha value is -3.03. The molecule has 0 fully saturated rings. The van der Waals surface area contributed by atoms with Gasteiger partial charge in [-0.2, -0.15) is 0 Å². The highest BCUT2D eigenvalue weighted by Gasteiger charge is 2.17. The number of benzene rings is 3. The van der Waals surface area contributed by atoms with Crippen LogP contribution in [0.5, 0.6) is 5.75 Å². The molecule has 6 nitrogen and oxygen atoms in total. The normalized spacial score (nSPS) is 11.0. The molecule has 3 aromatic carbocycles. The summed E-state index contributed by atoms with van der Waals surface area (Å²) in [6.45, 7) is 2.02. The van der Waals surface area contributed by atoms with Crippen molar-refractivity contribution in [3.8, 4) is 5.75 Å². The molecule has 0 aliphatic heterocycles. The van der Waals surface area contributed by atoms with E-state index in [0.717, 1.165) is 5.56 Å². The highest BCUT2D eigenvalue weighted by Crippen LogP contribution is 2.23. The fourth-order valence-electron chi connectivity index (χ4n) is 2.75. The average Bonchev–Trinajstić information content (AvgIpc) is 2.74. The van der Waals surface area contributed by atoms with Crippen molar-refractivity contribution in [2.75, 3.05) is 11.8 Å². The van der Waals surface area contributed by atoms with Crippen LogP contribution in [0.4, 0.5) is 5.69 Å². The standard InChI is InChI=1S/C22H21ClN2O4S/c1-15-7-8-16(22(26)24-14-17-5-3-4-6-20(17)23)13-21(15)25-30(27,28)19-11-9-18(29-2)10-12-19/h3-13,25H,14H2,1-2H3,(H,24,26). The molecule has 156 valence electrons. The second-order valence-corrected chi connectivity index (χ2v) is 8.67. The Morgan fingerprint density at radius 3 is 2.40 bits per heavy atom. The van der Waals surface area contributed by atoms with E-state index in [1.807, 2.05) is 18.2 Å². The van der Waals surface area contributed by atoms with Crippen LogP contribution in [0.3, 0.4) is 0 Å². The van der Waals surface area contributed by atoms with Crippen LogP contribution in [-0.4, -0.2) is 21.4 Å². The van der Waals surface area contributed by atoms with Crippen molar-refractivity contribution >= 4 is 33.2 Å². The Bertz CT molecular complexity index is 1160. The number of aryl methyl sites for hydroxylation is 1. The number of methoxy groups -OCH3 is 1. The van der Waals surface area contributed by atoms with Gasteiger partial charge >= 0.3 is 0 Å². The van der Waals surface area contributed by atoms with Gasteiger partial charge in [0.1, 0.15) is 5.75 Å². The van der Waals surface area contributed by atoms with Gasteiger partial charge in [-0.15, -0.1) is 0 Å². The van der Waals surface area contributed by atoms with Gasteiger partial charge in [0.25, 0.3) is 15.9 Å². The predicted molar refractivity (Wildman–Crippen MR) is 118 cm³/mol. The molecule has 0 spiro atoms. The van der Waals surface area contributed by atoms with Gasteiger partial charge in [0.15, 0.2) is 0 Å². The van der Waals surface area contributed by atoms with Crippen LogP contribution in [0.15, 0.2) is 71.6 Å². The van der Waals surface area contributed by atoms with Gasteiger partial charge in [-0.3, -0.25) is 9.52 Å². The predicted octanol–water partition coefficient (Wildman–Crippen LogP) is 4.39. The van der Waals surface area contributed by atoms with Crippen LogP contribution in [-0.2, 0) is 16.6 Å². The zero-order valence-corrected chi connectivity index (χ0v) is 18.0. The third-order valence-electron chi connectivity index (χ3n) is 4.51. The van der Waals surface area contributed by atoms with Crippen molar-refractivity contribution < 1.29 is 17.9 Å². The Balaban J connectivity index is 1.77. The van der Waals surface area contributed by atoms with Crippen LogP contribution < -0.4 is 14.8 Å². The van der Waals surface area contributed by atoms with Gasteiger partial charge in [0, 0.05) is 17.1 Å². The summed E-state index contributed by atoms with van der Waals surface area (Å²) < 4.78 is 33.0. The van der Waals surface area contributed by atoms with Crippen molar-refractivity contribution in [2.24, 2.45) is 0 Å². The summed E-state index contributed by atoms with van der Waals surface area (Å²) in [5.41, 5.74) is 2.14. The molecular weight excluding hydrogens is 424 g/mol. The second-order valence-electron chi connectivity index (χ2n) is 6.58. The number of sulfonamides is 1. The Labute approximate surface area is 180 Å². The minimum atomic E-state index is -3.82. The number of amides is 1. The Kier molecular flexibility index (Phi) is 6.64. The lowest BCUT2D eigenvalue weighted by Gasteiger charge is -2.13. The van der Waals surface area contributed by atoms with Gasteiger partial charge in [0.05, 0.1) is 17.7 Å². The first-order valence-corrected chi connectivity index (χ1v) is 11.0. The molecule has 0 saturated heterocycles. The first-order chi connectivity index (χ1) is 14.3. The molecule has 0 bridgehead atoms. The molecule has 0 unspecified atom stereocenters. The monoisotopic (exact) mass is 444 g/mol. The quantitative estimate of drug-likeness (QED) is 0.566. The molecule has 3 rings (SSSR count). The number of carbonyl (C=O) groups excluding carboxylic acids is 1. The summed E-state index contributed by atoms with van der Waals surface area (Å²) in [6, 6.07) is 18.1. The molecular formula is C22H21ClN2O4S. The highest BCUT2D eigenvalue weighted by molar-refractivity contribution is 7.92. The molecule has 0 heterocycles. The highest BCUT2D eigenvalue weighted by atomic mass is 35.5. The molecule has 8 heteroatoms. The topological polar surface area (TPSA) is 84.5 Å². The SMILES string of the molecule is COc1ccc(S(=O)(=O)Nc2cc(C(=O)NCc3ccccc3Cl)ccc2C)cc1. The molecule has 3 aromatic rings. The van der Waals surface area contributed by atoms with Crippen molar-refractivity contribution in [3.63, 3.8) is 0 Å². The smallest absolute Gasteiger partial charge is 0.261 e. The minimum absolute atomic E-state index is 0.0938. The summed E-state index contributed by atoms with van der Waals surface area (Å²) in [5, 5.41) is 3.36. The van der Waals surface area contributed by atoms with E-state index in [0.29, 0.717) is 27.6 Å². The van der Waals surface area contributed by atoms with Gasteiger partial charge in [-0.1, -0.05) is 35.9 Å². The van der Waals surface area contributed by atoms with Gasteiger partial charge in [-0.25, -0.2) is 8.42 Å². The summed E-state index contributed by atoms with van der Waals surface area (Å²) >= 11 is 6.11. The van der Waals surface area contributed by atoms with Crippen molar-refractivity contribution in [3.05, 3.63) is 88.4 Å². The first kappa shape index (κ1) is 21.7. The van der Waals surface area contributed by atoms with Crippen LogP contribution in [0, 0.1) is 6.92 Å². The number of nitrogens with one attached hydrogen (secondary N) is 2. The average molecular weight is 445 g/mol. The van der Waals surface area contributed by atoms with Gasteiger partial charge in [-0.05, 0) is 60.5 Å². The van der Waals surface area contributed by atoms with E-state index in [4.69, 9.17) is 16.3 Å². The van der Waals surface area contributed by atoms with Crippen LogP contribution in [0.25, 0.3) is 0 Å². The number of halogens is 1. The van der Waals surface area contributed by atoms with E-state index in [2.05, 4.69) is 10.0 Å². The molecule has 1 amide bonds. The number of rotatable bonds is 7. The molecule has 30 heavy (non-hydrogen) atoms. The zero-order chi connectivity index (χ0) is 21.7. The van der Waals surface area contributed by atoms with E-state index >= 15 is 0 Å². The zero-order valence-electron chi connectivity index (χ0n) is 16.5. The third kappa shape index (κ3) is 5.11. The van der Waals surface area contributed by atoms with Gasteiger partial charge in [0.2, 0.25) is 0 Å². The second kappa shape index (κ2) is 9.19. The number of anilines is 1. The Morgan fingerprint density at radius 1 is 1.03 bits per heavy atom. The largest absolute Gasteiger partial charge is 0.497 e. The Morgan fingerprint density at radius 2 is 1.73 bits per heavy atom. The molecule has 0 saturated carbocycles. The van der Waals surface area contributed by atoms with Crippen LogP contribution in [0.1, 0.15) is 21.5 Å². The summed E-state index contributed by atoms with van der Waals surface area (Å²) in [4.78, 5) is 12.6. The third-order valence-corrected chi connectivity index (χ3v) is 6.26. The number of hydrogen-bond acceptors (Lipinski definition) is 4. The molecule has 0 radical (unpaired) electrons. The van der Waals surface area contributed by atoms with Crippen molar-refractivity contribution in [1.29, 1.82) is 0 Å². The minimum Gasteiger partial charge on any atom is -0.497 e.